The first-order valence-corrected chi connectivity index (χ1v) is 3.06. The van der Waals surface area contributed by atoms with Gasteiger partial charge in [0, 0.05) is 17.7 Å². The summed E-state index contributed by atoms with van der Waals surface area (Å²) in [6.07, 6.45) is 0. The molecule has 0 aliphatic carbocycles. The number of benzene rings is 1. The predicted octanol–water partition coefficient (Wildman–Crippen LogP) is 1.62. The van der Waals surface area contributed by atoms with Gasteiger partial charge in [-0.25, -0.2) is 4.39 Å². The Kier molecular flexibility index (Phi) is 2.35. The van der Waals surface area contributed by atoms with E-state index in [2.05, 4.69) is 0 Å². The average Bonchev–Trinajstić information content (AvgIpc) is 2.05. The number of non-ortho nitro benzene ring substituents is 1. The molecule has 1 aromatic rings. The third-order valence-corrected chi connectivity index (χ3v) is 1.33. The van der Waals surface area contributed by atoms with E-state index in [0.717, 1.165) is 18.2 Å². The maximum Gasteiger partial charge on any atom is 0.270 e. The topological polar surface area (TPSA) is 63.4 Å². The quantitative estimate of drug-likeness (QED) is 0.541. The molecule has 1 radical (unpaired) electrons. The summed E-state index contributed by atoms with van der Waals surface area (Å²) < 4.78 is 12.6. The van der Waals surface area contributed by atoms with E-state index in [1.807, 2.05) is 0 Å². The Labute approximate surface area is 67.4 Å². The van der Waals surface area contributed by atoms with Crippen molar-refractivity contribution in [3.63, 3.8) is 0 Å². The summed E-state index contributed by atoms with van der Waals surface area (Å²) in [5.41, 5.74) is -0.444. The van der Waals surface area contributed by atoms with Gasteiger partial charge in [0.05, 0.1) is 4.92 Å². The monoisotopic (exact) mass is 170 g/mol. The fraction of sp³-hybridized carbons (Fsp3) is 0. The van der Waals surface area contributed by atoms with Gasteiger partial charge in [-0.2, -0.15) is 0 Å². The number of nitro groups is 1. The van der Waals surface area contributed by atoms with E-state index in [4.69, 9.17) is 5.11 Å². The Balaban J connectivity index is 3.13. The van der Waals surface area contributed by atoms with Gasteiger partial charge in [-0.1, -0.05) is 0 Å². The van der Waals surface area contributed by atoms with Crippen molar-refractivity contribution >= 4 is 5.69 Å². The number of hydrogen-bond donors (Lipinski definition) is 1. The number of aliphatic hydroxyl groups excluding tert-OH is 1. The highest BCUT2D eigenvalue weighted by Crippen LogP contribution is 2.16. The maximum atomic E-state index is 12.6. The fourth-order valence-corrected chi connectivity index (χ4v) is 0.744. The largest absolute Gasteiger partial charge is 0.385 e. The van der Waals surface area contributed by atoms with Gasteiger partial charge < -0.3 is 5.11 Å². The smallest absolute Gasteiger partial charge is 0.270 e. The summed E-state index contributed by atoms with van der Waals surface area (Å²) in [5.74, 6) is -0.692. The summed E-state index contributed by atoms with van der Waals surface area (Å²) in [6, 6.07) is 2.91. The van der Waals surface area contributed by atoms with Crippen LogP contribution in [0.3, 0.4) is 0 Å². The van der Waals surface area contributed by atoms with Crippen LogP contribution in [0, 0.1) is 22.5 Å². The van der Waals surface area contributed by atoms with Gasteiger partial charge in [-0.3, -0.25) is 10.1 Å². The van der Waals surface area contributed by atoms with Gasteiger partial charge in [0.1, 0.15) is 12.4 Å². The van der Waals surface area contributed by atoms with Gasteiger partial charge in [0.2, 0.25) is 0 Å². The molecule has 0 spiro atoms. The van der Waals surface area contributed by atoms with Crippen LogP contribution in [-0.4, -0.2) is 10.0 Å². The number of hydrogen-bond acceptors (Lipinski definition) is 3. The number of rotatable bonds is 2. The van der Waals surface area contributed by atoms with E-state index >= 15 is 0 Å². The van der Waals surface area contributed by atoms with Crippen LogP contribution in [-0.2, 0) is 0 Å². The highest BCUT2D eigenvalue weighted by Gasteiger charge is 2.09. The van der Waals surface area contributed by atoms with E-state index in [0.29, 0.717) is 6.61 Å². The van der Waals surface area contributed by atoms with Gasteiger partial charge in [0.25, 0.3) is 5.69 Å². The van der Waals surface area contributed by atoms with Crippen molar-refractivity contribution in [2.45, 2.75) is 0 Å². The highest BCUT2D eigenvalue weighted by atomic mass is 19.1. The summed E-state index contributed by atoms with van der Waals surface area (Å²) in [6.45, 7) is 0.488. The minimum atomic E-state index is -0.692. The minimum Gasteiger partial charge on any atom is -0.385 e. The molecule has 1 aromatic carbocycles. The van der Waals surface area contributed by atoms with E-state index in [9.17, 15) is 14.5 Å². The van der Waals surface area contributed by atoms with E-state index in [1.165, 1.54) is 0 Å². The average molecular weight is 170 g/mol. The number of nitro benzene ring substituents is 1. The molecule has 63 valence electrons. The Morgan fingerprint density at radius 1 is 1.58 bits per heavy atom. The highest BCUT2D eigenvalue weighted by molar-refractivity contribution is 5.37. The summed E-state index contributed by atoms with van der Waals surface area (Å²) in [7, 11) is 0. The van der Waals surface area contributed by atoms with Crippen LogP contribution >= 0.6 is 0 Å². The molecule has 0 aromatic heterocycles. The van der Waals surface area contributed by atoms with Crippen LogP contribution in [0.25, 0.3) is 0 Å². The van der Waals surface area contributed by atoms with E-state index < -0.39 is 10.7 Å². The lowest BCUT2D eigenvalue weighted by Crippen LogP contribution is -1.92. The molecule has 0 atom stereocenters. The maximum absolute atomic E-state index is 12.6. The fourth-order valence-electron chi connectivity index (χ4n) is 0.744. The molecule has 4 nitrogen and oxygen atoms in total. The molecule has 0 heterocycles. The zero-order valence-corrected chi connectivity index (χ0v) is 5.90. The Morgan fingerprint density at radius 3 is 2.75 bits per heavy atom. The van der Waals surface area contributed by atoms with Gasteiger partial charge in [-0.05, 0) is 6.07 Å². The third-order valence-electron chi connectivity index (χ3n) is 1.33. The molecule has 0 amide bonds. The van der Waals surface area contributed by atoms with Gasteiger partial charge in [-0.15, -0.1) is 0 Å². The summed E-state index contributed by atoms with van der Waals surface area (Å²) in [4.78, 5) is 9.51. The first-order valence-electron chi connectivity index (χ1n) is 3.06. The Morgan fingerprint density at radius 2 is 2.25 bits per heavy atom. The molecule has 1 rings (SSSR count). The second-order valence-corrected chi connectivity index (χ2v) is 2.09. The molecular weight excluding hydrogens is 165 g/mol. The second-order valence-electron chi connectivity index (χ2n) is 2.09. The molecule has 0 unspecified atom stereocenters. The van der Waals surface area contributed by atoms with Crippen LogP contribution in [0.1, 0.15) is 5.56 Å². The van der Waals surface area contributed by atoms with Crippen molar-refractivity contribution < 1.29 is 14.4 Å². The number of aliphatic hydroxyl groups is 1. The molecule has 0 aliphatic heterocycles. The predicted molar refractivity (Wildman–Crippen MR) is 38.4 cm³/mol. The molecule has 0 bridgehead atoms. The van der Waals surface area contributed by atoms with Gasteiger partial charge >= 0.3 is 0 Å². The van der Waals surface area contributed by atoms with Crippen molar-refractivity contribution in [1.82, 2.24) is 0 Å². The molecule has 5 heteroatoms. The van der Waals surface area contributed by atoms with Crippen LogP contribution < -0.4 is 0 Å². The third kappa shape index (κ3) is 1.57. The standard InChI is InChI=1S/C7H5FNO3/c8-7-2-1-6(9(11)12)3-5(7)4-10/h1-4,10H. The lowest BCUT2D eigenvalue weighted by molar-refractivity contribution is -0.385. The molecule has 0 aliphatic rings. The summed E-state index contributed by atoms with van der Waals surface area (Å²) in [5, 5.41) is 18.6. The summed E-state index contributed by atoms with van der Waals surface area (Å²) >= 11 is 0. The molecule has 12 heavy (non-hydrogen) atoms. The van der Waals surface area contributed by atoms with Crippen LogP contribution in [0.2, 0.25) is 0 Å². The van der Waals surface area contributed by atoms with Gasteiger partial charge in [0.15, 0.2) is 0 Å². The molecule has 1 N–H and O–H groups in total. The van der Waals surface area contributed by atoms with Crippen LogP contribution in [0.4, 0.5) is 10.1 Å². The zero-order valence-electron chi connectivity index (χ0n) is 5.90. The Bertz CT molecular complexity index is 314. The van der Waals surface area contributed by atoms with Crippen LogP contribution in [0.5, 0.6) is 0 Å². The van der Waals surface area contributed by atoms with Crippen molar-refractivity contribution in [1.29, 1.82) is 0 Å². The molecule has 0 saturated carbocycles. The Hall–Kier alpha value is -1.49. The lowest BCUT2D eigenvalue weighted by Gasteiger charge is -1.96. The molecular formula is C7H5FNO3. The first-order chi connectivity index (χ1) is 5.65. The normalized spacial score (nSPS) is 9.83. The molecule has 0 fully saturated rings. The number of nitrogens with zero attached hydrogens (tertiary/aromatic N) is 1. The van der Waals surface area contributed by atoms with E-state index in [-0.39, 0.29) is 11.3 Å². The first kappa shape index (κ1) is 8.61. The van der Waals surface area contributed by atoms with Crippen LogP contribution in [0.15, 0.2) is 18.2 Å². The number of halogens is 1. The van der Waals surface area contributed by atoms with Crippen molar-refractivity contribution in [2.75, 3.05) is 0 Å². The SMILES string of the molecule is O=[N+]([O-])c1ccc(F)c([CH]O)c1. The van der Waals surface area contributed by atoms with E-state index in [1.54, 1.807) is 0 Å². The zero-order chi connectivity index (χ0) is 9.14. The lowest BCUT2D eigenvalue weighted by atomic mass is 10.2. The second kappa shape index (κ2) is 3.27. The van der Waals surface area contributed by atoms with Crippen molar-refractivity contribution in [3.8, 4) is 0 Å². The van der Waals surface area contributed by atoms with Crippen molar-refractivity contribution in [2.24, 2.45) is 0 Å². The van der Waals surface area contributed by atoms with Crippen molar-refractivity contribution in [3.05, 3.63) is 46.3 Å². The molecule has 0 saturated heterocycles. The minimum absolute atomic E-state index is 0.191.